The van der Waals surface area contributed by atoms with Gasteiger partial charge in [-0.1, -0.05) is 51.5 Å². The van der Waals surface area contributed by atoms with Gasteiger partial charge in [0.2, 0.25) is 11.8 Å². The normalized spacial score (nSPS) is 20.3. The Bertz CT molecular complexity index is 916. The van der Waals surface area contributed by atoms with Crippen LogP contribution >= 0.6 is 0 Å². The molecule has 2 N–H and O–H groups in total. The van der Waals surface area contributed by atoms with Crippen molar-refractivity contribution in [3.8, 4) is 0 Å². The maximum atomic E-state index is 14.2. The number of rotatable bonds is 8. The number of hydrogen-bond acceptors (Lipinski definition) is 4. The summed E-state index contributed by atoms with van der Waals surface area (Å²) >= 11 is 0. The molecular formula is C28H45N3O4. The summed E-state index contributed by atoms with van der Waals surface area (Å²) in [6.45, 7) is 19.1. The molecule has 0 aromatic heterocycles. The van der Waals surface area contributed by atoms with Crippen LogP contribution in [0.25, 0.3) is 0 Å². The fraction of sp³-hybridized carbons (Fsp3) is 0.679. The van der Waals surface area contributed by atoms with E-state index in [4.69, 9.17) is 4.74 Å². The molecule has 1 saturated carbocycles. The second-order valence-corrected chi connectivity index (χ2v) is 12.0. The van der Waals surface area contributed by atoms with E-state index in [0.29, 0.717) is 6.42 Å². The van der Waals surface area contributed by atoms with E-state index in [0.717, 1.165) is 17.5 Å². The number of benzene rings is 1. The molecule has 0 spiro atoms. The quantitative estimate of drug-likeness (QED) is 0.532. The molecule has 1 aliphatic carbocycles. The van der Waals surface area contributed by atoms with Gasteiger partial charge in [0, 0.05) is 11.6 Å². The van der Waals surface area contributed by atoms with Gasteiger partial charge >= 0.3 is 6.09 Å². The highest BCUT2D eigenvalue weighted by molar-refractivity contribution is 5.93. The van der Waals surface area contributed by atoms with Crippen LogP contribution in [0.4, 0.5) is 4.79 Å². The summed E-state index contributed by atoms with van der Waals surface area (Å²) in [6, 6.07) is 6.00. The number of ether oxygens (including phenoxy) is 1. The number of carbonyl (C=O) groups is 3. The fourth-order valence-corrected chi connectivity index (χ4v) is 4.20. The second kappa shape index (κ2) is 11.0. The largest absolute Gasteiger partial charge is 0.444 e. The minimum atomic E-state index is -0.809. The first-order chi connectivity index (χ1) is 16.1. The van der Waals surface area contributed by atoms with E-state index in [1.165, 1.54) is 0 Å². The SMILES string of the molecule is CCC(C)C(NC(=O)OC(C)(C)C)C(=O)N(C(C(=O)NC(C)(C)C)c1ccccc1C)C1CC1C. The Morgan fingerprint density at radius 3 is 2.14 bits per heavy atom. The van der Waals surface area contributed by atoms with Crippen LogP contribution in [-0.4, -0.2) is 46.0 Å². The minimum absolute atomic E-state index is 0.0789. The van der Waals surface area contributed by atoms with Gasteiger partial charge in [0.1, 0.15) is 17.7 Å². The lowest BCUT2D eigenvalue weighted by molar-refractivity contribution is -0.145. The van der Waals surface area contributed by atoms with Crippen LogP contribution in [0.15, 0.2) is 24.3 Å². The summed E-state index contributed by atoms with van der Waals surface area (Å²) in [5.74, 6) is -0.349. The molecule has 35 heavy (non-hydrogen) atoms. The molecular weight excluding hydrogens is 442 g/mol. The lowest BCUT2D eigenvalue weighted by Crippen LogP contribution is -2.57. The molecule has 0 saturated heterocycles. The predicted molar refractivity (Wildman–Crippen MR) is 139 cm³/mol. The number of nitrogens with one attached hydrogen (secondary N) is 2. The highest BCUT2D eigenvalue weighted by Crippen LogP contribution is 2.41. The Morgan fingerprint density at radius 1 is 1.11 bits per heavy atom. The molecule has 0 heterocycles. The Hall–Kier alpha value is -2.57. The second-order valence-electron chi connectivity index (χ2n) is 12.0. The number of hydrogen-bond donors (Lipinski definition) is 2. The van der Waals surface area contributed by atoms with Crippen molar-refractivity contribution in [1.82, 2.24) is 15.5 Å². The van der Waals surface area contributed by atoms with Crippen LogP contribution < -0.4 is 10.6 Å². The Kier molecular flexibility index (Phi) is 9.01. The van der Waals surface area contributed by atoms with E-state index in [-0.39, 0.29) is 29.7 Å². The summed E-state index contributed by atoms with van der Waals surface area (Å²) in [5.41, 5.74) is 0.579. The van der Waals surface area contributed by atoms with Crippen LogP contribution in [0.2, 0.25) is 0 Å². The van der Waals surface area contributed by atoms with E-state index in [9.17, 15) is 14.4 Å². The van der Waals surface area contributed by atoms with E-state index in [1.807, 2.05) is 65.8 Å². The molecule has 196 valence electrons. The van der Waals surface area contributed by atoms with E-state index in [2.05, 4.69) is 17.6 Å². The van der Waals surface area contributed by atoms with E-state index < -0.39 is 29.3 Å². The Labute approximate surface area is 211 Å². The standard InChI is InChI=1S/C28H45N3O4/c1-11-17(2)22(29-26(34)35-28(8,9)10)25(33)31(21-16-19(21)4)23(24(32)30-27(5,6)7)20-15-13-12-14-18(20)3/h12-15,17,19,21-23H,11,16H2,1-10H3,(H,29,34)(H,30,32). The average molecular weight is 488 g/mol. The van der Waals surface area contributed by atoms with Crippen molar-refractivity contribution in [2.24, 2.45) is 11.8 Å². The van der Waals surface area contributed by atoms with Crippen LogP contribution in [0.5, 0.6) is 0 Å². The van der Waals surface area contributed by atoms with Crippen molar-refractivity contribution in [3.63, 3.8) is 0 Å². The zero-order valence-electron chi connectivity index (χ0n) is 23.2. The van der Waals surface area contributed by atoms with Gasteiger partial charge in [0.25, 0.3) is 0 Å². The molecule has 2 rings (SSSR count). The molecule has 0 aliphatic heterocycles. The van der Waals surface area contributed by atoms with Crippen molar-refractivity contribution in [1.29, 1.82) is 0 Å². The van der Waals surface area contributed by atoms with Crippen LogP contribution in [0, 0.1) is 18.8 Å². The first kappa shape index (κ1) is 28.7. The molecule has 1 aliphatic rings. The van der Waals surface area contributed by atoms with E-state index in [1.54, 1.807) is 25.7 Å². The van der Waals surface area contributed by atoms with Gasteiger partial charge in [0.05, 0.1) is 0 Å². The van der Waals surface area contributed by atoms with Crippen molar-refractivity contribution in [2.75, 3.05) is 0 Å². The average Bonchev–Trinajstić information content (AvgIpc) is 3.43. The lowest BCUT2D eigenvalue weighted by atomic mass is 9.93. The summed E-state index contributed by atoms with van der Waals surface area (Å²) in [5, 5.41) is 5.91. The molecule has 0 bridgehead atoms. The third-order valence-corrected chi connectivity index (χ3v) is 6.34. The van der Waals surface area contributed by atoms with Gasteiger partial charge in [-0.3, -0.25) is 9.59 Å². The molecule has 1 fully saturated rings. The molecule has 5 atom stereocenters. The smallest absolute Gasteiger partial charge is 0.408 e. The maximum Gasteiger partial charge on any atom is 0.408 e. The summed E-state index contributed by atoms with van der Waals surface area (Å²) in [6.07, 6.45) is 0.867. The fourth-order valence-electron chi connectivity index (χ4n) is 4.20. The molecule has 3 amide bonds. The summed E-state index contributed by atoms with van der Waals surface area (Å²) in [4.78, 5) is 42.4. The maximum absolute atomic E-state index is 14.2. The van der Waals surface area contributed by atoms with Gasteiger partial charge in [0.15, 0.2) is 0 Å². The summed E-state index contributed by atoms with van der Waals surface area (Å²) < 4.78 is 5.47. The first-order valence-corrected chi connectivity index (χ1v) is 12.7. The predicted octanol–water partition coefficient (Wildman–Crippen LogP) is 5.13. The van der Waals surface area contributed by atoms with Crippen molar-refractivity contribution >= 4 is 17.9 Å². The molecule has 0 radical (unpaired) electrons. The van der Waals surface area contributed by atoms with Gasteiger partial charge in [-0.15, -0.1) is 0 Å². The highest BCUT2D eigenvalue weighted by atomic mass is 16.6. The molecule has 1 aromatic rings. The van der Waals surface area contributed by atoms with E-state index >= 15 is 0 Å². The zero-order valence-corrected chi connectivity index (χ0v) is 23.2. The number of carbonyl (C=O) groups excluding carboxylic acids is 3. The van der Waals surface area contributed by atoms with Crippen molar-refractivity contribution in [3.05, 3.63) is 35.4 Å². The van der Waals surface area contributed by atoms with Gasteiger partial charge in [-0.2, -0.15) is 0 Å². The highest BCUT2D eigenvalue weighted by Gasteiger charge is 2.49. The van der Waals surface area contributed by atoms with Crippen LogP contribution in [0.3, 0.4) is 0 Å². The van der Waals surface area contributed by atoms with Crippen LogP contribution in [0.1, 0.15) is 92.3 Å². The topological polar surface area (TPSA) is 87.7 Å². The zero-order chi connectivity index (χ0) is 26.7. The van der Waals surface area contributed by atoms with Gasteiger partial charge in [-0.05, 0) is 77.8 Å². The Balaban J connectivity index is 2.55. The van der Waals surface area contributed by atoms with Crippen molar-refractivity contribution in [2.45, 2.75) is 111 Å². The molecule has 1 aromatic carbocycles. The third kappa shape index (κ3) is 7.97. The third-order valence-electron chi connectivity index (χ3n) is 6.34. The molecule has 7 heteroatoms. The Morgan fingerprint density at radius 2 is 1.69 bits per heavy atom. The van der Waals surface area contributed by atoms with Gasteiger partial charge < -0.3 is 20.3 Å². The monoisotopic (exact) mass is 487 g/mol. The van der Waals surface area contributed by atoms with Crippen molar-refractivity contribution < 1.29 is 19.1 Å². The summed E-state index contributed by atoms with van der Waals surface area (Å²) in [7, 11) is 0. The minimum Gasteiger partial charge on any atom is -0.444 e. The first-order valence-electron chi connectivity index (χ1n) is 12.7. The number of alkyl carbamates (subject to hydrolysis) is 1. The molecule has 7 nitrogen and oxygen atoms in total. The number of nitrogens with zero attached hydrogens (tertiary/aromatic N) is 1. The lowest BCUT2D eigenvalue weighted by Gasteiger charge is -2.38. The van der Waals surface area contributed by atoms with Crippen LogP contribution in [-0.2, 0) is 14.3 Å². The number of amides is 3. The van der Waals surface area contributed by atoms with Gasteiger partial charge in [-0.25, -0.2) is 4.79 Å². The molecule has 5 unspecified atom stereocenters. The number of aryl methyl sites for hydroxylation is 1.